The van der Waals surface area contributed by atoms with Gasteiger partial charge in [-0.3, -0.25) is 0 Å². The largest absolute Gasteiger partial charge is 0.494 e. The van der Waals surface area contributed by atoms with E-state index in [1.54, 1.807) is 0 Å². The minimum Gasteiger partial charge on any atom is -0.494 e. The van der Waals surface area contributed by atoms with Gasteiger partial charge >= 0.3 is 6.09 Å². The van der Waals surface area contributed by atoms with Gasteiger partial charge in [0.1, 0.15) is 5.75 Å². The van der Waals surface area contributed by atoms with Crippen molar-refractivity contribution in [3.8, 4) is 5.75 Å². The first kappa shape index (κ1) is 12.4. The highest BCUT2D eigenvalue weighted by Crippen LogP contribution is 2.12. The lowest BCUT2D eigenvalue weighted by molar-refractivity contribution is 0.158. The van der Waals surface area contributed by atoms with Crippen molar-refractivity contribution in [3.63, 3.8) is 0 Å². The van der Waals surface area contributed by atoms with Crippen LogP contribution in [0.15, 0.2) is 24.3 Å². The van der Waals surface area contributed by atoms with E-state index in [-0.39, 0.29) is 0 Å². The van der Waals surface area contributed by atoms with Crippen molar-refractivity contribution in [3.05, 3.63) is 29.8 Å². The number of hydrogen-bond acceptors (Lipinski definition) is 3. The van der Waals surface area contributed by atoms with Crippen LogP contribution in [0.5, 0.6) is 5.75 Å². The molecule has 1 rings (SSSR count). The van der Waals surface area contributed by atoms with Crippen molar-refractivity contribution < 1.29 is 14.3 Å². The van der Waals surface area contributed by atoms with Crippen LogP contribution < -0.4 is 10.5 Å². The summed E-state index contributed by atoms with van der Waals surface area (Å²) in [5.74, 6) is 0.862. The molecular weight excluding hydrogens is 206 g/mol. The third-order valence-electron chi connectivity index (χ3n) is 2.03. The molecule has 2 N–H and O–H groups in total. The molecule has 0 heterocycles. The molecule has 1 aromatic carbocycles. The maximum Gasteiger partial charge on any atom is 0.404 e. The van der Waals surface area contributed by atoms with E-state index in [0.29, 0.717) is 13.0 Å². The van der Waals surface area contributed by atoms with Crippen LogP contribution in [0.4, 0.5) is 4.79 Å². The second-order valence-corrected chi connectivity index (χ2v) is 3.41. The predicted molar refractivity (Wildman–Crippen MR) is 61.5 cm³/mol. The molecule has 0 aliphatic heterocycles. The lowest BCUT2D eigenvalue weighted by Crippen LogP contribution is -2.14. The molecule has 0 bridgehead atoms. The van der Waals surface area contributed by atoms with Crippen LogP contribution in [0.3, 0.4) is 0 Å². The predicted octanol–water partition coefficient (Wildman–Crippen LogP) is 2.11. The Balaban J connectivity index is 2.36. The Kier molecular flexibility index (Phi) is 5.19. The SMILES string of the molecule is CCCOc1ccc(CCOC(N)=O)cc1. The number of amides is 1. The van der Waals surface area contributed by atoms with E-state index < -0.39 is 6.09 Å². The molecule has 0 atom stereocenters. The summed E-state index contributed by atoms with van der Waals surface area (Å²) in [5, 5.41) is 0. The van der Waals surface area contributed by atoms with E-state index in [1.165, 1.54) is 0 Å². The molecule has 1 aromatic rings. The topological polar surface area (TPSA) is 61.6 Å². The standard InChI is InChI=1S/C12H17NO3/c1-2-8-15-11-5-3-10(4-6-11)7-9-16-12(13)14/h3-6H,2,7-9H2,1H3,(H2,13,14). The Hall–Kier alpha value is -1.71. The van der Waals surface area contributed by atoms with Gasteiger partial charge < -0.3 is 15.2 Å². The zero-order valence-electron chi connectivity index (χ0n) is 9.44. The molecule has 0 aliphatic carbocycles. The van der Waals surface area contributed by atoms with Gasteiger partial charge in [-0.05, 0) is 24.1 Å². The second kappa shape index (κ2) is 6.71. The number of nitrogens with two attached hydrogens (primary N) is 1. The molecule has 0 unspecified atom stereocenters. The van der Waals surface area contributed by atoms with E-state index in [2.05, 4.69) is 11.7 Å². The summed E-state index contributed by atoms with van der Waals surface area (Å²) in [6, 6.07) is 7.73. The number of carbonyl (C=O) groups is 1. The zero-order valence-corrected chi connectivity index (χ0v) is 9.44. The molecule has 88 valence electrons. The average Bonchev–Trinajstić information content (AvgIpc) is 2.27. The van der Waals surface area contributed by atoms with Crippen molar-refractivity contribution in [1.82, 2.24) is 0 Å². The minimum absolute atomic E-state index is 0.310. The van der Waals surface area contributed by atoms with E-state index in [9.17, 15) is 4.79 Å². The van der Waals surface area contributed by atoms with Crippen molar-refractivity contribution in [2.45, 2.75) is 19.8 Å². The summed E-state index contributed by atoms with van der Waals surface area (Å²) in [6.07, 6.45) is 0.925. The Labute approximate surface area is 95.3 Å². The molecule has 0 radical (unpaired) electrons. The van der Waals surface area contributed by atoms with E-state index >= 15 is 0 Å². The number of primary amides is 1. The molecular formula is C12H17NO3. The van der Waals surface area contributed by atoms with E-state index in [4.69, 9.17) is 10.5 Å². The highest BCUT2D eigenvalue weighted by molar-refractivity contribution is 5.64. The maximum absolute atomic E-state index is 10.3. The quantitative estimate of drug-likeness (QED) is 0.803. The molecule has 4 nitrogen and oxygen atoms in total. The molecule has 16 heavy (non-hydrogen) atoms. The molecule has 0 fully saturated rings. The Morgan fingerprint density at radius 3 is 2.50 bits per heavy atom. The Bertz CT molecular complexity index is 322. The average molecular weight is 223 g/mol. The van der Waals surface area contributed by atoms with Crippen LogP contribution in [0.2, 0.25) is 0 Å². The van der Waals surface area contributed by atoms with Crippen LogP contribution in [0, 0.1) is 0 Å². The first-order chi connectivity index (χ1) is 7.72. The van der Waals surface area contributed by atoms with Gasteiger partial charge in [0.05, 0.1) is 13.2 Å². The molecule has 0 spiro atoms. The first-order valence-electron chi connectivity index (χ1n) is 5.36. The third kappa shape index (κ3) is 4.68. The van der Waals surface area contributed by atoms with Gasteiger partial charge in [-0.15, -0.1) is 0 Å². The summed E-state index contributed by atoms with van der Waals surface area (Å²) in [6.45, 7) is 3.10. The fourth-order valence-corrected chi connectivity index (χ4v) is 1.24. The fraction of sp³-hybridized carbons (Fsp3) is 0.417. The van der Waals surface area contributed by atoms with Gasteiger partial charge in [0.25, 0.3) is 0 Å². The summed E-state index contributed by atoms with van der Waals surface area (Å²) in [4.78, 5) is 10.3. The number of benzene rings is 1. The number of hydrogen-bond donors (Lipinski definition) is 1. The second-order valence-electron chi connectivity index (χ2n) is 3.41. The van der Waals surface area contributed by atoms with Gasteiger partial charge in [-0.1, -0.05) is 19.1 Å². The highest BCUT2D eigenvalue weighted by Gasteiger charge is 1.97. The molecule has 0 aliphatic rings. The third-order valence-corrected chi connectivity index (χ3v) is 2.03. The summed E-state index contributed by atoms with van der Waals surface area (Å²) < 4.78 is 10.1. The monoisotopic (exact) mass is 223 g/mol. The molecule has 1 amide bonds. The van der Waals surface area contributed by atoms with Gasteiger partial charge in [0.2, 0.25) is 0 Å². The number of rotatable bonds is 6. The normalized spacial score (nSPS) is 9.81. The Morgan fingerprint density at radius 1 is 1.25 bits per heavy atom. The lowest BCUT2D eigenvalue weighted by atomic mass is 10.1. The zero-order chi connectivity index (χ0) is 11.8. The van der Waals surface area contributed by atoms with Gasteiger partial charge in [-0.25, -0.2) is 4.79 Å². The van der Waals surface area contributed by atoms with E-state index in [1.807, 2.05) is 24.3 Å². The van der Waals surface area contributed by atoms with Crippen LogP contribution >= 0.6 is 0 Å². The van der Waals surface area contributed by atoms with Gasteiger partial charge in [-0.2, -0.15) is 0 Å². The smallest absolute Gasteiger partial charge is 0.404 e. The van der Waals surface area contributed by atoms with Crippen molar-refractivity contribution in [2.24, 2.45) is 5.73 Å². The summed E-state index contributed by atoms with van der Waals surface area (Å²) in [7, 11) is 0. The molecule has 0 saturated heterocycles. The lowest BCUT2D eigenvalue weighted by Gasteiger charge is -2.06. The highest BCUT2D eigenvalue weighted by atomic mass is 16.5. The number of carbonyl (C=O) groups excluding carboxylic acids is 1. The minimum atomic E-state index is -0.733. The van der Waals surface area contributed by atoms with Crippen molar-refractivity contribution in [1.29, 1.82) is 0 Å². The van der Waals surface area contributed by atoms with Crippen LogP contribution in [-0.2, 0) is 11.2 Å². The van der Waals surface area contributed by atoms with Crippen molar-refractivity contribution in [2.75, 3.05) is 13.2 Å². The van der Waals surface area contributed by atoms with Crippen LogP contribution in [0.25, 0.3) is 0 Å². The van der Waals surface area contributed by atoms with Crippen LogP contribution in [0.1, 0.15) is 18.9 Å². The van der Waals surface area contributed by atoms with Gasteiger partial charge in [0, 0.05) is 6.42 Å². The van der Waals surface area contributed by atoms with E-state index in [0.717, 1.165) is 24.3 Å². The number of ether oxygens (including phenoxy) is 2. The van der Waals surface area contributed by atoms with Crippen LogP contribution in [-0.4, -0.2) is 19.3 Å². The fourth-order valence-electron chi connectivity index (χ4n) is 1.24. The molecule has 0 aromatic heterocycles. The Morgan fingerprint density at radius 2 is 1.94 bits per heavy atom. The molecule has 0 saturated carbocycles. The summed E-state index contributed by atoms with van der Waals surface area (Å²) in [5.41, 5.74) is 5.94. The summed E-state index contributed by atoms with van der Waals surface area (Å²) >= 11 is 0. The molecule has 4 heteroatoms. The van der Waals surface area contributed by atoms with Crippen molar-refractivity contribution >= 4 is 6.09 Å². The van der Waals surface area contributed by atoms with Gasteiger partial charge in [0.15, 0.2) is 0 Å². The maximum atomic E-state index is 10.3. The first-order valence-corrected chi connectivity index (χ1v) is 5.36.